The van der Waals surface area contributed by atoms with E-state index in [4.69, 9.17) is 4.74 Å². The van der Waals surface area contributed by atoms with Crippen molar-refractivity contribution in [3.63, 3.8) is 0 Å². The molecule has 0 bridgehead atoms. The van der Waals surface area contributed by atoms with Gasteiger partial charge >= 0.3 is 0 Å². The Balaban J connectivity index is 1.29. The second-order valence-electron chi connectivity index (χ2n) is 6.91. The molecule has 1 unspecified atom stereocenters. The number of carbonyl (C=O) groups is 1. The molecule has 1 amide bonds. The maximum atomic E-state index is 12.8. The largest absolute Gasteiger partial charge is 0.377 e. The lowest BCUT2D eigenvalue weighted by Crippen LogP contribution is -2.55. The van der Waals surface area contributed by atoms with E-state index in [1.807, 2.05) is 12.1 Å². The molecule has 0 aromatic carbocycles. The number of anilines is 1. The number of morpholine rings is 1. The van der Waals surface area contributed by atoms with Crippen molar-refractivity contribution in [2.24, 2.45) is 5.92 Å². The minimum Gasteiger partial charge on any atom is -0.377 e. The van der Waals surface area contributed by atoms with E-state index in [-0.39, 0.29) is 5.91 Å². The topological polar surface area (TPSA) is 61.8 Å². The van der Waals surface area contributed by atoms with Crippen molar-refractivity contribution < 1.29 is 9.53 Å². The minimum atomic E-state index is 0.267. The maximum absolute atomic E-state index is 12.8. The molecule has 3 heterocycles. The maximum Gasteiger partial charge on any atom is 0.237 e. The minimum absolute atomic E-state index is 0.267. The van der Waals surface area contributed by atoms with Gasteiger partial charge in [0.1, 0.15) is 0 Å². The molecule has 0 spiro atoms. The highest BCUT2D eigenvalue weighted by atomic mass is 16.5. The van der Waals surface area contributed by atoms with Crippen molar-refractivity contribution in [2.45, 2.75) is 18.9 Å². The molecule has 1 saturated carbocycles. The van der Waals surface area contributed by atoms with Gasteiger partial charge in [-0.3, -0.25) is 9.69 Å². The normalized spacial score (nSPS) is 25.8. The summed E-state index contributed by atoms with van der Waals surface area (Å²) in [5.41, 5.74) is 0. The van der Waals surface area contributed by atoms with E-state index in [0.29, 0.717) is 25.1 Å². The fourth-order valence-electron chi connectivity index (χ4n) is 3.68. The van der Waals surface area contributed by atoms with E-state index in [1.54, 1.807) is 6.20 Å². The Morgan fingerprint density at radius 1 is 1.21 bits per heavy atom. The van der Waals surface area contributed by atoms with Crippen LogP contribution < -0.4 is 4.90 Å². The zero-order valence-electron chi connectivity index (χ0n) is 14.0. The van der Waals surface area contributed by atoms with Crippen LogP contribution in [-0.4, -0.2) is 84.4 Å². The van der Waals surface area contributed by atoms with Crippen LogP contribution in [0.2, 0.25) is 0 Å². The third-order valence-electron chi connectivity index (χ3n) is 5.27. The lowest BCUT2D eigenvalue weighted by molar-refractivity contribution is -0.142. The van der Waals surface area contributed by atoms with Gasteiger partial charge in [0.05, 0.1) is 25.8 Å². The average Bonchev–Trinajstić information content (AvgIpc) is 3.48. The van der Waals surface area contributed by atoms with Gasteiger partial charge in [-0.2, -0.15) is 5.10 Å². The smallest absolute Gasteiger partial charge is 0.237 e. The molecule has 7 nitrogen and oxygen atoms in total. The summed E-state index contributed by atoms with van der Waals surface area (Å²) in [6, 6.07) is 4.21. The number of piperazine rings is 1. The molecule has 2 aliphatic heterocycles. The molecule has 2 saturated heterocycles. The highest BCUT2D eigenvalue weighted by molar-refractivity contribution is 5.79. The van der Waals surface area contributed by atoms with E-state index in [2.05, 4.69) is 24.9 Å². The van der Waals surface area contributed by atoms with Crippen LogP contribution in [0.5, 0.6) is 0 Å². The molecule has 3 aliphatic rings. The van der Waals surface area contributed by atoms with Crippen molar-refractivity contribution in [1.29, 1.82) is 0 Å². The monoisotopic (exact) mass is 331 g/mol. The number of nitrogens with zero attached hydrogens (tertiary/aromatic N) is 5. The van der Waals surface area contributed by atoms with Crippen LogP contribution >= 0.6 is 0 Å². The standard InChI is InChI=1S/C17H25N5O2/c23-17(22-10-11-24-13-15(22)14-3-4-14)12-20-6-8-21(9-7-20)16-2-1-5-18-19-16/h1-2,5,14-15H,3-4,6-13H2. The zero-order valence-corrected chi connectivity index (χ0v) is 14.0. The molecule has 0 N–H and O–H groups in total. The molecular weight excluding hydrogens is 306 g/mol. The Kier molecular flexibility index (Phi) is 4.62. The Labute approximate surface area is 142 Å². The average molecular weight is 331 g/mol. The number of carbonyl (C=O) groups excluding carboxylic acids is 1. The fourth-order valence-corrected chi connectivity index (χ4v) is 3.68. The van der Waals surface area contributed by atoms with Crippen LogP contribution in [0.15, 0.2) is 18.3 Å². The third kappa shape index (κ3) is 3.52. The van der Waals surface area contributed by atoms with Crippen molar-refractivity contribution in [2.75, 3.05) is 57.4 Å². The molecule has 130 valence electrons. The Bertz CT molecular complexity index is 557. The third-order valence-corrected chi connectivity index (χ3v) is 5.27. The van der Waals surface area contributed by atoms with Crippen LogP contribution in [0.25, 0.3) is 0 Å². The van der Waals surface area contributed by atoms with Gasteiger partial charge in [-0.25, -0.2) is 0 Å². The van der Waals surface area contributed by atoms with Crippen molar-refractivity contribution in [3.8, 4) is 0 Å². The van der Waals surface area contributed by atoms with Gasteiger partial charge in [-0.1, -0.05) is 0 Å². The summed E-state index contributed by atoms with van der Waals surface area (Å²) in [5, 5.41) is 8.11. The van der Waals surface area contributed by atoms with Crippen LogP contribution in [-0.2, 0) is 9.53 Å². The Morgan fingerprint density at radius 3 is 2.75 bits per heavy atom. The van der Waals surface area contributed by atoms with Gasteiger partial charge in [-0.15, -0.1) is 5.10 Å². The van der Waals surface area contributed by atoms with Gasteiger partial charge in [-0.05, 0) is 30.9 Å². The molecule has 3 fully saturated rings. The van der Waals surface area contributed by atoms with Gasteiger partial charge in [0.15, 0.2) is 5.82 Å². The van der Waals surface area contributed by atoms with E-state index >= 15 is 0 Å². The number of amides is 1. The molecule has 0 radical (unpaired) electrons. The Morgan fingerprint density at radius 2 is 2.04 bits per heavy atom. The SMILES string of the molecule is O=C(CN1CCN(c2cccnn2)CC1)N1CCOCC1C1CC1. The van der Waals surface area contributed by atoms with Crippen LogP contribution in [0, 0.1) is 5.92 Å². The summed E-state index contributed by atoms with van der Waals surface area (Å²) in [6.45, 7) is 6.23. The highest BCUT2D eigenvalue weighted by Gasteiger charge is 2.39. The highest BCUT2D eigenvalue weighted by Crippen LogP contribution is 2.36. The number of rotatable bonds is 4. The molecule has 24 heavy (non-hydrogen) atoms. The second kappa shape index (κ2) is 7.03. The number of ether oxygens (including phenoxy) is 1. The lowest BCUT2D eigenvalue weighted by atomic mass is 10.1. The number of hydrogen-bond acceptors (Lipinski definition) is 6. The predicted molar refractivity (Wildman–Crippen MR) is 89.7 cm³/mol. The van der Waals surface area contributed by atoms with Gasteiger partial charge in [0.2, 0.25) is 5.91 Å². The van der Waals surface area contributed by atoms with Crippen LogP contribution in [0.4, 0.5) is 5.82 Å². The summed E-state index contributed by atoms with van der Waals surface area (Å²) in [4.78, 5) is 19.3. The van der Waals surface area contributed by atoms with Crippen molar-refractivity contribution in [1.82, 2.24) is 20.0 Å². The van der Waals surface area contributed by atoms with E-state index in [0.717, 1.165) is 45.1 Å². The van der Waals surface area contributed by atoms with E-state index in [9.17, 15) is 4.79 Å². The molecule has 1 aromatic heterocycles. The first-order valence-corrected chi connectivity index (χ1v) is 8.93. The van der Waals surface area contributed by atoms with Gasteiger partial charge in [0.25, 0.3) is 0 Å². The van der Waals surface area contributed by atoms with Crippen molar-refractivity contribution in [3.05, 3.63) is 18.3 Å². The van der Waals surface area contributed by atoms with Crippen LogP contribution in [0.3, 0.4) is 0 Å². The number of hydrogen-bond donors (Lipinski definition) is 0. The predicted octanol–water partition coefficient (Wildman–Crippen LogP) is 0.236. The summed E-state index contributed by atoms with van der Waals surface area (Å²) in [5.74, 6) is 1.86. The fraction of sp³-hybridized carbons (Fsp3) is 0.706. The first kappa shape index (κ1) is 15.8. The lowest BCUT2D eigenvalue weighted by Gasteiger charge is -2.39. The first-order valence-electron chi connectivity index (χ1n) is 8.93. The van der Waals surface area contributed by atoms with E-state index in [1.165, 1.54) is 12.8 Å². The molecule has 1 atom stereocenters. The summed E-state index contributed by atoms with van der Waals surface area (Å²) < 4.78 is 5.59. The summed E-state index contributed by atoms with van der Waals surface area (Å²) >= 11 is 0. The molecule has 1 aliphatic carbocycles. The quantitative estimate of drug-likeness (QED) is 0.787. The van der Waals surface area contributed by atoms with Crippen molar-refractivity contribution >= 4 is 11.7 Å². The summed E-state index contributed by atoms with van der Waals surface area (Å²) in [6.07, 6.45) is 4.18. The molecule has 4 rings (SSSR count). The second-order valence-corrected chi connectivity index (χ2v) is 6.91. The molecule has 1 aromatic rings. The van der Waals surface area contributed by atoms with Gasteiger partial charge < -0.3 is 14.5 Å². The van der Waals surface area contributed by atoms with Crippen LogP contribution in [0.1, 0.15) is 12.8 Å². The first-order chi connectivity index (χ1) is 11.8. The van der Waals surface area contributed by atoms with Gasteiger partial charge in [0, 0.05) is 38.9 Å². The Hall–Kier alpha value is -1.73. The zero-order chi connectivity index (χ0) is 16.4. The molecular formula is C17H25N5O2. The van der Waals surface area contributed by atoms with E-state index < -0.39 is 0 Å². The molecule has 7 heteroatoms. The number of aromatic nitrogens is 2. The summed E-state index contributed by atoms with van der Waals surface area (Å²) in [7, 11) is 0.